The first-order chi connectivity index (χ1) is 44.2. The Bertz CT molecular complexity index is 4300. The number of nitrogens with zero attached hydrogens (tertiary/aromatic N) is 5. The zero-order valence-corrected chi connectivity index (χ0v) is 77.4. The van der Waals surface area contributed by atoms with Gasteiger partial charge < -0.3 is 47.2 Å². The maximum Gasteiger partial charge on any atom is 0.0465 e. The summed E-state index contributed by atoms with van der Waals surface area (Å²) >= 11 is 0. The fourth-order valence-electron chi connectivity index (χ4n) is 11.1. The van der Waals surface area contributed by atoms with Crippen LogP contribution < -0.4 is 0 Å². The molecule has 0 spiro atoms. The van der Waals surface area contributed by atoms with Crippen LogP contribution in [0.1, 0.15) is 156 Å². The van der Waals surface area contributed by atoms with Gasteiger partial charge in [-0.05, 0) is 195 Å². The number of aryl methyl sites for hydroxylation is 11. The van der Waals surface area contributed by atoms with Gasteiger partial charge in [0.2, 0.25) is 0 Å². The molecule has 5 nitrogen and oxygen atoms in total. The number of halogens is 7. The third-order valence-electron chi connectivity index (χ3n) is 19.3. The Morgan fingerprint density at radius 1 is 0.252 bits per heavy atom. The van der Waals surface area contributed by atoms with Gasteiger partial charge in [0.05, 0.1) is 0 Å². The Balaban J connectivity index is -0.00000119. The van der Waals surface area contributed by atoms with E-state index >= 15 is 0 Å². The van der Waals surface area contributed by atoms with Crippen molar-refractivity contribution < 1.29 is 131 Å². The van der Waals surface area contributed by atoms with Gasteiger partial charge in [0.1, 0.15) is 0 Å². The van der Waals surface area contributed by atoms with E-state index in [-0.39, 0.29) is 163 Å². The van der Waals surface area contributed by atoms with Gasteiger partial charge in [-0.25, -0.2) is 0 Å². The van der Waals surface area contributed by atoms with Crippen LogP contribution in [0.5, 0.6) is 0 Å². The van der Waals surface area contributed by atoms with Crippen LogP contribution in [0.15, 0.2) is 30.3 Å². The number of pyridine rings is 5. The van der Waals surface area contributed by atoms with Crippen LogP contribution >= 0.6 is 0 Å². The van der Waals surface area contributed by atoms with Crippen LogP contribution in [0, 0.1) is 287 Å². The molecule has 103 heavy (non-hydrogen) atoms. The molecule has 0 saturated carbocycles. The Morgan fingerprint density at radius 2 is 0.485 bits per heavy atom. The fraction of sp³-hybridized carbons (Fsp3) is 0.326. The SMILES string of the molecule is Cc1[c-]c(-c2nc(C)c(C)c(C)c2C)c(C)cc1F.Cc1[c-]c(-c2nc(C)c(C)c(C)c2C)c(C)cc1F.Cc1[c-]c(-c2nc(C)c(C)c(C)c2C)c(F)c(C)c1F.Cc1[c-]c(-c2nc(C)c(C)c(C)c2C)c(F)c(C)c1F.Cc1nc(-c2[c-]cc(F)cc2)c(C)c(C)c1C.[CH3-].[CH3-].[CH3-].[Ir].[Ir].[Ir].[Ir].[Ir]. The maximum atomic E-state index is 14.4. The van der Waals surface area contributed by atoms with Gasteiger partial charge >= 0.3 is 0 Å². The second-order valence-corrected chi connectivity index (χ2v) is 25.4. The summed E-state index contributed by atoms with van der Waals surface area (Å²) in [6, 6.07) is 22.4. The fourth-order valence-corrected chi connectivity index (χ4v) is 11.1. The van der Waals surface area contributed by atoms with Gasteiger partial charge in [-0.15, -0.1) is 99.6 Å². The minimum Gasteiger partial charge on any atom is -0.358 e. The molecule has 5 aromatic carbocycles. The van der Waals surface area contributed by atoms with Gasteiger partial charge in [-0.2, -0.15) is 0 Å². The third kappa shape index (κ3) is 22.4. The molecule has 0 aliphatic carbocycles. The third-order valence-corrected chi connectivity index (χ3v) is 19.3. The molecule has 0 saturated heterocycles. The van der Waals surface area contributed by atoms with E-state index in [1.165, 1.54) is 59.4 Å². The van der Waals surface area contributed by atoms with E-state index in [4.69, 9.17) is 0 Å². The van der Waals surface area contributed by atoms with Gasteiger partial charge in [-0.3, -0.25) is 30.7 Å². The molecule has 0 atom stereocenters. The molecule has 0 N–H and O–H groups in total. The van der Waals surface area contributed by atoms with Crippen molar-refractivity contribution in [3.8, 4) is 56.3 Å². The second kappa shape index (κ2) is 42.2. The van der Waals surface area contributed by atoms with Crippen molar-refractivity contribution >= 4 is 0 Å². The molecule has 0 bridgehead atoms. The number of hydrogen-bond donors (Lipinski definition) is 0. The number of aromatic nitrogens is 5. The number of hydrogen-bond acceptors (Lipinski definition) is 5. The molecular formula is C86H98F7Ir5N5-8. The van der Waals surface area contributed by atoms with E-state index in [1.807, 2.05) is 96.9 Å². The predicted molar refractivity (Wildman–Crippen MR) is 394 cm³/mol. The summed E-state index contributed by atoms with van der Waals surface area (Å²) in [5.74, 6) is -2.92. The van der Waals surface area contributed by atoms with E-state index < -0.39 is 23.3 Å². The maximum absolute atomic E-state index is 14.4. The molecular weight excluding hydrogens is 2200 g/mol. The van der Waals surface area contributed by atoms with Crippen LogP contribution in [0.2, 0.25) is 0 Å². The standard InChI is InChI=1S/2C17H18F2N.2C17H19FN.C15H15FN.3CH3.5Ir/c2*1-8-7-14(16(19)12(5)15(8)18)17-11(4)9(2)10(3)13(6)20-17;2*1-9-8-16(18)10(2)7-15(9)17-13(5)11(3)12(4)14(6)19-17;1-9-10(2)12(4)17-15(11(9)3)13-5-7-14(16)8-6-13;;;;;;;;/h2*1-6H3;2*8H,1-6H3;5,7-8H,1-4H3;3*1H3;;;;;/q8*-1;;;;;. The molecule has 569 valence electrons. The van der Waals surface area contributed by atoms with Crippen LogP contribution in [-0.2, 0) is 101 Å². The van der Waals surface area contributed by atoms with Gasteiger partial charge in [0.25, 0.3) is 0 Å². The summed E-state index contributed by atoms with van der Waals surface area (Å²) in [5, 5.41) is 0. The molecule has 5 aromatic heterocycles. The summed E-state index contributed by atoms with van der Waals surface area (Å²) in [6.45, 7) is 53.7. The zero-order valence-electron chi connectivity index (χ0n) is 65.4. The first kappa shape index (κ1) is 102. The number of rotatable bonds is 5. The summed E-state index contributed by atoms with van der Waals surface area (Å²) in [5.41, 5.74) is 32.3. The summed E-state index contributed by atoms with van der Waals surface area (Å²) < 4.78 is 96.1. The summed E-state index contributed by atoms with van der Waals surface area (Å²) in [7, 11) is 0. The minimum atomic E-state index is -0.577. The van der Waals surface area contributed by atoms with Crippen molar-refractivity contribution in [1.29, 1.82) is 0 Å². The first-order valence-corrected chi connectivity index (χ1v) is 31.7. The molecule has 5 heterocycles. The van der Waals surface area contributed by atoms with Crippen LogP contribution in [0.25, 0.3) is 56.3 Å². The molecule has 0 aliphatic heterocycles. The van der Waals surface area contributed by atoms with Crippen molar-refractivity contribution in [2.24, 2.45) is 0 Å². The normalized spacial score (nSPS) is 10.0. The Kier molecular flexibility index (Phi) is 41.7. The average molecular weight is 2300 g/mol. The largest absolute Gasteiger partial charge is 0.358 e. The van der Waals surface area contributed by atoms with Crippen molar-refractivity contribution in [3.05, 3.63) is 280 Å². The van der Waals surface area contributed by atoms with Gasteiger partial charge in [0, 0.05) is 170 Å². The molecule has 10 aromatic rings. The smallest absolute Gasteiger partial charge is 0.0465 e. The monoisotopic (exact) mass is 2300 g/mol. The van der Waals surface area contributed by atoms with Crippen molar-refractivity contribution in [2.75, 3.05) is 0 Å². The van der Waals surface area contributed by atoms with E-state index in [1.54, 1.807) is 45.9 Å². The number of benzene rings is 5. The van der Waals surface area contributed by atoms with Crippen molar-refractivity contribution in [1.82, 2.24) is 24.9 Å². The van der Waals surface area contributed by atoms with Gasteiger partial charge in [0.15, 0.2) is 0 Å². The molecule has 0 amide bonds. The van der Waals surface area contributed by atoms with Crippen molar-refractivity contribution in [3.63, 3.8) is 0 Å². The van der Waals surface area contributed by atoms with E-state index in [2.05, 4.69) is 111 Å². The van der Waals surface area contributed by atoms with Crippen LogP contribution in [0.3, 0.4) is 0 Å². The minimum absolute atomic E-state index is 0. The van der Waals surface area contributed by atoms with Crippen LogP contribution in [-0.4, -0.2) is 24.9 Å². The zero-order chi connectivity index (χ0) is 71.6. The second-order valence-electron chi connectivity index (χ2n) is 25.4. The van der Waals surface area contributed by atoms with Crippen molar-refractivity contribution in [2.45, 2.75) is 194 Å². The molecule has 0 unspecified atom stereocenters. The molecule has 0 aliphatic rings. The molecule has 0 fully saturated rings. The topological polar surface area (TPSA) is 64.5 Å². The Hall–Kier alpha value is -5.39. The Labute approximate surface area is 680 Å². The Morgan fingerprint density at radius 3 is 0.738 bits per heavy atom. The van der Waals surface area contributed by atoms with Gasteiger partial charge in [-0.1, -0.05) is 144 Å². The average Bonchev–Trinajstić information content (AvgIpc) is 0.800. The van der Waals surface area contributed by atoms with E-state index in [0.29, 0.717) is 33.6 Å². The predicted octanol–water partition coefficient (Wildman–Crippen LogP) is 23.7. The van der Waals surface area contributed by atoms with Crippen LogP contribution in [0.4, 0.5) is 30.7 Å². The first-order valence-electron chi connectivity index (χ1n) is 31.7. The molecule has 17 heteroatoms. The van der Waals surface area contributed by atoms with E-state index in [9.17, 15) is 30.7 Å². The van der Waals surface area contributed by atoms with E-state index in [0.717, 1.165) is 123 Å². The molecule has 10 rings (SSSR count). The summed E-state index contributed by atoms with van der Waals surface area (Å²) in [4.78, 5) is 22.9. The summed E-state index contributed by atoms with van der Waals surface area (Å²) in [6.07, 6.45) is 0. The molecule has 5 radical (unpaired) electrons. The quantitative estimate of drug-likeness (QED) is 0.127.